The fraction of sp³-hybridized carbons (Fsp3) is 0.200. The van der Waals surface area contributed by atoms with Crippen molar-refractivity contribution in [3.8, 4) is 0 Å². The molecule has 1 rings (SSSR count). The van der Waals surface area contributed by atoms with Gasteiger partial charge in [0.25, 0.3) is 0 Å². The molecule has 0 radical (unpaired) electrons. The Hall–Kier alpha value is -1.64. The molecule has 1 aliphatic rings. The van der Waals surface area contributed by atoms with E-state index < -0.39 is 5.97 Å². The molecule has 0 spiro atoms. The van der Waals surface area contributed by atoms with Crippen LogP contribution in [-0.2, 0) is 14.3 Å². The van der Waals surface area contributed by atoms with Crippen molar-refractivity contribution < 1.29 is 14.3 Å². The zero-order chi connectivity index (χ0) is 9.84. The Labute approximate surface area is 76.4 Å². The number of ether oxygens (including phenoxy) is 1. The van der Waals surface area contributed by atoms with Crippen molar-refractivity contribution in [1.29, 1.82) is 0 Å². The number of rotatable bonds is 2. The van der Waals surface area contributed by atoms with Crippen molar-refractivity contribution >= 4 is 11.8 Å². The summed E-state index contributed by atoms with van der Waals surface area (Å²) >= 11 is 0. The highest BCUT2D eigenvalue weighted by molar-refractivity contribution is 6.12. The minimum atomic E-state index is -0.473. The summed E-state index contributed by atoms with van der Waals surface area (Å²) in [5.41, 5.74) is 0.660. The molecule has 0 aromatic carbocycles. The van der Waals surface area contributed by atoms with E-state index in [0.717, 1.165) is 0 Å². The first-order valence-electron chi connectivity index (χ1n) is 3.95. The molecule has 0 saturated carbocycles. The normalized spacial score (nSPS) is 15.6. The van der Waals surface area contributed by atoms with Gasteiger partial charge in [0, 0.05) is 11.6 Å². The van der Waals surface area contributed by atoms with Crippen LogP contribution in [0.3, 0.4) is 0 Å². The number of ketones is 1. The first kappa shape index (κ1) is 9.45. The van der Waals surface area contributed by atoms with Gasteiger partial charge in [-0.3, -0.25) is 4.79 Å². The van der Waals surface area contributed by atoms with Crippen LogP contribution in [0.15, 0.2) is 36.0 Å². The molecule has 3 heteroatoms. The Morgan fingerprint density at radius 2 is 2.23 bits per heavy atom. The second-order valence-electron chi connectivity index (χ2n) is 2.54. The van der Waals surface area contributed by atoms with E-state index in [-0.39, 0.29) is 11.4 Å². The van der Waals surface area contributed by atoms with Gasteiger partial charge in [-0.15, -0.1) is 0 Å². The predicted molar refractivity (Wildman–Crippen MR) is 48.0 cm³/mol. The summed E-state index contributed by atoms with van der Waals surface area (Å²) in [5.74, 6) is -0.717. The Balaban J connectivity index is 2.79. The fourth-order valence-electron chi connectivity index (χ4n) is 0.896. The third-order valence-corrected chi connectivity index (χ3v) is 1.58. The van der Waals surface area contributed by atoms with Crippen LogP contribution in [0.4, 0.5) is 0 Å². The average Bonchev–Trinajstić information content (AvgIpc) is 2.10. The maximum atomic E-state index is 11.1. The number of allylic oxidation sites excluding steroid dienone is 3. The van der Waals surface area contributed by atoms with Crippen molar-refractivity contribution in [2.75, 3.05) is 6.61 Å². The first-order valence-corrected chi connectivity index (χ1v) is 3.95. The molecular formula is C10H10O3. The van der Waals surface area contributed by atoms with Crippen molar-refractivity contribution in [2.45, 2.75) is 6.92 Å². The number of carbonyl (C=O) groups excluding carboxylic acids is 2. The Bertz CT molecular complexity index is 321. The largest absolute Gasteiger partial charge is 0.462 e. The van der Waals surface area contributed by atoms with Crippen LogP contribution in [-0.4, -0.2) is 18.4 Å². The maximum Gasteiger partial charge on any atom is 0.338 e. The molecule has 0 unspecified atom stereocenters. The highest BCUT2D eigenvalue weighted by Crippen LogP contribution is 2.11. The van der Waals surface area contributed by atoms with Crippen molar-refractivity contribution in [3.05, 3.63) is 36.0 Å². The summed E-state index contributed by atoms with van der Waals surface area (Å²) in [6, 6.07) is 0. The zero-order valence-electron chi connectivity index (χ0n) is 7.37. The minimum absolute atomic E-state index is 0.245. The second-order valence-corrected chi connectivity index (χ2v) is 2.54. The summed E-state index contributed by atoms with van der Waals surface area (Å²) in [4.78, 5) is 22.2. The summed E-state index contributed by atoms with van der Waals surface area (Å²) in [6.07, 6.45) is 4.27. The van der Waals surface area contributed by atoms with E-state index in [0.29, 0.717) is 12.2 Å². The summed E-state index contributed by atoms with van der Waals surface area (Å²) in [5, 5.41) is 0. The first-order chi connectivity index (χ1) is 6.15. The third-order valence-electron chi connectivity index (χ3n) is 1.58. The second kappa shape index (κ2) is 3.85. The number of hydrogen-bond donors (Lipinski definition) is 0. The smallest absolute Gasteiger partial charge is 0.338 e. The predicted octanol–water partition coefficient (Wildman–Crippen LogP) is 1.17. The van der Waals surface area contributed by atoms with Gasteiger partial charge < -0.3 is 4.74 Å². The van der Waals surface area contributed by atoms with Crippen molar-refractivity contribution in [2.24, 2.45) is 0 Å². The van der Waals surface area contributed by atoms with E-state index in [1.165, 1.54) is 18.2 Å². The van der Waals surface area contributed by atoms with Crippen LogP contribution >= 0.6 is 0 Å². The van der Waals surface area contributed by atoms with Crippen molar-refractivity contribution in [3.63, 3.8) is 0 Å². The molecule has 0 heterocycles. The molecule has 68 valence electrons. The van der Waals surface area contributed by atoms with Gasteiger partial charge >= 0.3 is 5.97 Å². The molecule has 0 bridgehead atoms. The maximum absolute atomic E-state index is 11.1. The van der Waals surface area contributed by atoms with E-state index in [1.807, 2.05) is 0 Å². The molecule has 0 aromatic heterocycles. The van der Waals surface area contributed by atoms with Crippen LogP contribution in [0.2, 0.25) is 0 Å². The lowest BCUT2D eigenvalue weighted by Crippen LogP contribution is -2.11. The molecule has 0 fully saturated rings. The number of esters is 1. The van der Waals surface area contributed by atoms with Gasteiger partial charge in [-0.2, -0.15) is 0 Å². The minimum Gasteiger partial charge on any atom is -0.462 e. The van der Waals surface area contributed by atoms with E-state index in [2.05, 4.69) is 6.58 Å². The van der Waals surface area contributed by atoms with Gasteiger partial charge in [-0.1, -0.05) is 12.7 Å². The molecule has 0 aliphatic heterocycles. The molecule has 0 aromatic rings. The molecular weight excluding hydrogens is 168 g/mol. The van der Waals surface area contributed by atoms with Gasteiger partial charge in [0.05, 0.1) is 12.2 Å². The van der Waals surface area contributed by atoms with E-state index in [1.54, 1.807) is 6.92 Å². The van der Waals surface area contributed by atoms with Crippen LogP contribution < -0.4 is 0 Å². The number of carbonyl (C=O) groups is 2. The topological polar surface area (TPSA) is 43.4 Å². The Morgan fingerprint density at radius 3 is 2.77 bits per heavy atom. The van der Waals surface area contributed by atoms with Gasteiger partial charge in [0.2, 0.25) is 0 Å². The molecule has 1 aliphatic carbocycles. The monoisotopic (exact) mass is 178 g/mol. The summed E-state index contributed by atoms with van der Waals surface area (Å²) in [7, 11) is 0. The molecule has 0 amide bonds. The Kier molecular flexibility index (Phi) is 2.80. The van der Waals surface area contributed by atoms with Gasteiger partial charge in [-0.25, -0.2) is 4.79 Å². The fourth-order valence-corrected chi connectivity index (χ4v) is 0.896. The van der Waals surface area contributed by atoms with E-state index >= 15 is 0 Å². The SMILES string of the molecule is C=C1C=CC(C(=O)OCC)=CC1=O. The Morgan fingerprint density at radius 1 is 1.54 bits per heavy atom. The third kappa shape index (κ3) is 2.15. The highest BCUT2D eigenvalue weighted by Gasteiger charge is 2.14. The lowest BCUT2D eigenvalue weighted by atomic mass is 10.0. The summed E-state index contributed by atoms with van der Waals surface area (Å²) in [6.45, 7) is 5.52. The molecule has 3 nitrogen and oxygen atoms in total. The lowest BCUT2D eigenvalue weighted by molar-refractivity contribution is -0.138. The van der Waals surface area contributed by atoms with Gasteiger partial charge in [0.15, 0.2) is 5.78 Å². The average molecular weight is 178 g/mol. The van der Waals surface area contributed by atoms with Gasteiger partial charge in [-0.05, 0) is 13.0 Å². The van der Waals surface area contributed by atoms with Gasteiger partial charge in [0.1, 0.15) is 0 Å². The number of hydrogen-bond acceptors (Lipinski definition) is 3. The van der Waals surface area contributed by atoms with E-state index in [9.17, 15) is 9.59 Å². The standard InChI is InChI=1S/C10H10O3/c1-3-13-10(12)8-5-4-7(2)9(11)6-8/h4-6H,2-3H2,1H3. The summed E-state index contributed by atoms with van der Waals surface area (Å²) < 4.78 is 4.72. The quantitative estimate of drug-likeness (QED) is 0.471. The van der Waals surface area contributed by atoms with Crippen molar-refractivity contribution in [1.82, 2.24) is 0 Å². The van der Waals surface area contributed by atoms with Crippen LogP contribution in [0, 0.1) is 0 Å². The van der Waals surface area contributed by atoms with Crippen LogP contribution in [0.1, 0.15) is 6.92 Å². The molecule has 0 atom stereocenters. The molecule has 0 N–H and O–H groups in total. The molecule has 0 saturated heterocycles. The van der Waals surface area contributed by atoms with E-state index in [4.69, 9.17) is 4.74 Å². The molecule has 13 heavy (non-hydrogen) atoms. The van der Waals surface area contributed by atoms with Crippen LogP contribution in [0.5, 0.6) is 0 Å². The lowest BCUT2D eigenvalue weighted by Gasteiger charge is -2.06. The highest BCUT2D eigenvalue weighted by atomic mass is 16.5. The van der Waals surface area contributed by atoms with Crippen LogP contribution in [0.25, 0.3) is 0 Å². The zero-order valence-corrected chi connectivity index (χ0v) is 7.37.